The van der Waals surface area contributed by atoms with Gasteiger partial charge in [0.2, 0.25) is 0 Å². The topological polar surface area (TPSA) is 64.1 Å². The van der Waals surface area contributed by atoms with Crippen LogP contribution in [-0.2, 0) is 11.2 Å². The fourth-order valence-electron chi connectivity index (χ4n) is 2.26. The molecule has 23 heavy (non-hydrogen) atoms. The van der Waals surface area contributed by atoms with Crippen LogP contribution in [0.15, 0.2) is 61.2 Å². The van der Waals surface area contributed by atoms with Gasteiger partial charge in [-0.3, -0.25) is 4.79 Å². The maximum Gasteiger partial charge on any atom is 0.257 e. The van der Waals surface area contributed by atoms with Crippen LogP contribution in [0.3, 0.4) is 0 Å². The van der Waals surface area contributed by atoms with Gasteiger partial charge in [0.15, 0.2) is 6.61 Å². The van der Waals surface area contributed by atoms with Crippen LogP contribution in [0.1, 0.15) is 5.56 Å². The number of hydrogen-bond acceptors (Lipinski definition) is 4. The highest BCUT2D eigenvalue weighted by atomic mass is 16.5. The molecule has 0 saturated carbocycles. The molecule has 0 bridgehead atoms. The number of hydrogen-bond donors (Lipinski definition) is 1. The van der Waals surface area contributed by atoms with E-state index in [0.717, 1.165) is 16.3 Å². The van der Waals surface area contributed by atoms with Crippen LogP contribution >= 0.6 is 0 Å². The van der Waals surface area contributed by atoms with Crippen molar-refractivity contribution in [3.05, 3.63) is 66.7 Å². The lowest BCUT2D eigenvalue weighted by Crippen LogP contribution is -2.30. The van der Waals surface area contributed by atoms with Crippen LogP contribution in [0.4, 0.5) is 0 Å². The molecule has 5 heteroatoms. The van der Waals surface area contributed by atoms with Gasteiger partial charge in [-0.2, -0.15) is 0 Å². The summed E-state index contributed by atoms with van der Waals surface area (Å²) in [6.07, 6.45) is 5.66. The van der Waals surface area contributed by atoms with Crippen molar-refractivity contribution >= 4 is 16.7 Å². The van der Waals surface area contributed by atoms with E-state index in [1.807, 2.05) is 42.5 Å². The Morgan fingerprint density at radius 3 is 2.65 bits per heavy atom. The van der Waals surface area contributed by atoms with E-state index in [4.69, 9.17) is 4.74 Å². The monoisotopic (exact) mass is 307 g/mol. The molecule has 0 fully saturated rings. The van der Waals surface area contributed by atoms with Crippen molar-refractivity contribution in [3.63, 3.8) is 0 Å². The fraction of sp³-hybridized carbons (Fsp3) is 0.167. The summed E-state index contributed by atoms with van der Waals surface area (Å²) < 4.78 is 5.54. The highest BCUT2D eigenvalue weighted by Gasteiger charge is 2.03. The van der Waals surface area contributed by atoms with Gasteiger partial charge >= 0.3 is 0 Å². The summed E-state index contributed by atoms with van der Waals surface area (Å²) in [6, 6.07) is 13.8. The van der Waals surface area contributed by atoms with Crippen LogP contribution in [0.25, 0.3) is 10.8 Å². The molecule has 0 aliphatic rings. The predicted molar refractivity (Wildman–Crippen MR) is 88.2 cm³/mol. The Balaban J connectivity index is 1.46. The molecular formula is C18H17N3O2. The van der Waals surface area contributed by atoms with E-state index < -0.39 is 0 Å². The van der Waals surface area contributed by atoms with Gasteiger partial charge in [0.1, 0.15) is 12.1 Å². The quantitative estimate of drug-likeness (QED) is 0.759. The second-order valence-corrected chi connectivity index (χ2v) is 5.14. The predicted octanol–water partition coefficient (Wildman–Crippen LogP) is 2.37. The molecular weight excluding hydrogens is 290 g/mol. The number of ether oxygens (including phenoxy) is 1. The Bertz CT molecular complexity index is 790. The Hall–Kier alpha value is -2.95. The number of amides is 1. The van der Waals surface area contributed by atoms with Crippen molar-refractivity contribution in [1.29, 1.82) is 0 Å². The average molecular weight is 307 g/mol. The van der Waals surface area contributed by atoms with Crippen molar-refractivity contribution in [3.8, 4) is 5.75 Å². The summed E-state index contributed by atoms with van der Waals surface area (Å²) >= 11 is 0. The van der Waals surface area contributed by atoms with Gasteiger partial charge in [-0.05, 0) is 34.9 Å². The number of carbonyl (C=O) groups is 1. The number of benzene rings is 2. The molecule has 0 aliphatic heterocycles. The molecule has 5 nitrogen and oxygen atoms in total. The van der Waals surface area contributed by atoms with Crippen molar-refractivity contribution in [2.75, 3.05) is 13.2 Å². The lowest BCUT2D eigenvalue weighted by Gasteiger charge is -2.08. The molecule has 0 unspecified atom stereocenters. The molecule has 2 aromatic carbocycles. The summed E-state index contributed by atoms with van der Waals surface area (Å²) in [7, 11) is 0. The van der Waals surface area contributed by atoms with Crippen LogP contribution < -0.4 is 10.1 Å². The smallest absolute Gasteiger partial charge is 0.257 e. The molecule has 3 aromatic rings. The number of fused-ring (bicyclic) bond motifs is 1. The Morgan fingerprint density at radius 1 is 1.04 bits per heavy atom. The van der Waals surface area contributed by atoms with E-state index in [9.17, 15) is 4.79 Å². The molecule has 1 N–H and O–H groups in total. The number of aromatic nitrogens is 2. The first-order chi connectivity index (χ1) is 11.3. The molecule has 0 radical (unpaired) electrons. The number of carbonyl (C=O) groups excluding carboxylic acids is 1. The SMILES string of the molecule is O=C(COc1ccc2ccccc2c1)NCCc1cncnc1. The highest BCUT2D eigenvalue weighted by Crippen LogP contribution is 2.20. The number of nitrogens with zero attached hydrogens (tertiary/aromatic N) is 2. The lowest BCUT2D eigenvalue weighted by atomic mass is 10.1. The maximum atomic E-state index is 11.8. The van der Waals surface area contributed by atoms with E-state index in [2.05, 4.69) is 15.3 Å². The van der Waals surface area contributed by atoms with Crippen LogP contribution in [0.2, 0.25) is 0 Å². The van der Waals surface area contributed by atoms with Gasteiger partial charge in [0.05, 0.1) is 0 Å². The molecule has 3 rings (SSSR count). The van der Waals surface area contributed by atoms with Gasteiger partial charge in [0, 0.05) is 18.9 Å². The first-order valence-corrected chi connectivity index (χ1v) is 7.43. The van der Waals surface area contributed by atoms with Gasteiger partial charge < -0.3 is 10.1 Å². The normalized spacial score (nSPS) is 10.4. The van der Waals surface area contributed by atoms with Gasteiger partial charge in [0.25, 0.3) is 5.91 Å². The van der Waals surface area contributed by atoms with Crippen molar-refractivity contribution < 1.29 is 9.53 Å². The van der Waals surface area contributed by atoms with E-state index >= 15 is 0 Å². The zero-order chi connectivity index (χ0) is 15.9. The van der Waals surface area contributed by atoms with Crippen LogP contribution in [0.5, 0.6) is 5.75 Å². The van der Waals surface area contributed by atoms with Crippen molar-refractivity contribution in [2.24, 2.45) is 0 Å². The standard InChI is InChI=1S/C18H17N3O2/c22-18(21-8-7-14-10-19-13-20-11-14)12-23-17-6-5-15-3-1-2-4-16(15)9-17/h1-6,9-11,13H,7-8,12H2,(H,21,22). The summed E-state index contributed by atoms with van der Waals surface area (Å²) in [6.45, 7) is 0.539. The van der Waals surface area contributed by atoms with Gasteiger partial charge in [-0.1, -0.05) is 30.3 Å². The summed E-state index contributed by atoms with van der Waals surface area (Å²) in [5, 5.41) is 5.06. The third kappa shape index (κ3) is 4.26. The lowest BCUT2D eigenvalue weighted by molar-refractivity contribution is -0.123. The van der Waals surface area contributed by atoms with E-state index in [0.29, 0.717) is 18.7 Å². The fourth-order valence-corrected chi connectivity index (χ4v) is 2.26. The summed E-state index contributed by atoms with van der Waals surface area (Å²) in [5.74, 6) is 0.547. The molecule has 0 saturated heterocycles. The molecule has 0 aliphatic carbocycles. The second kappa shape index (κ2) is 7.35. The minimum atomic E-state index is -0.144. The summed E-state index contributed by atoms with van der Waals surface area (Å²) in [5.41, 5.74) is 0.989. The number of nitrogens with one attached hydrogen (secondary N) is 1. The Kier molecular flexibility index (Phi) is 4.79. The molecule has 1 heterocycles. The molecule has 1 aromatic heterocycles. The van der Waals surface area contributed by atoms with Gasteiger partial charge in [-0.15, -0.1) is 0 Å². The zero-order valence-corrected chi connectivity index (χ0v) is 12.6. The largest absolute Gasteiger partial charge is 0.484 e. The molecule has 116 valence electrons. The maximum absolute atomic E-state index is 11.8. The second-order valence-electron chi connectivity index (χ2n) is 5.14. The molecule has 1 amide bonds. The first kappa shape index (κ1) is 15.0. The van der Waals surface area contributed by atoms with Crippen molar-refractivity contribution in [1.82, 2.24) is 15.3 Å². The van der Waals surface area contributed by atoms with Crippen LogP contribution in [0, 0.1) is 0 Å². The first-order valence-electron chi connectivity index (χ1n) is 7.43. The van der Waals surface area contributed by atoms with E-state index in [1.54, 1.807) is 12.4 Å². The minimum Gasteiger partial charge on any atom is -0.484 e. The number of rotatable bonds is 6. The third-order valence-corrected chi connectivity index (χ3v) is 3.44. The van der Waals surface area contributed by atoms with E-state index in [-0.39, 0.29) is 12.5 Å². The molecule has 0 spiro atoms. The highest BCUT2D eigenvalue weighted by molar-refractivity contribution is 5.84. The molecule has 0 atom stereocenters. The van der Waals surface area contributed by atoms with Crippen LogP contribution in [-0.4, -0.2) is 29.0 Å². The third-order valence-electron chi connectivity index (χ3n) is 3.44. The average Bonchev–Trinajstić information content (AvgIpc) is 2.61. The van der Waals surface area contributed by atoms with Gasteiger partial charge in [-0.25, -0.2) is 9.97 Å². The van der Waals surface area contributed by atoms with E-state index in [1.165, 1.54) is 6.33 Å². The zero-order valence-electron chi connectivity index (χ0n) is 12.6. The minimum absolute atomic E-state index is 0.00360. The van der Waals surface area contributed by atoms with Crippen molar-refractivity contribution in [2.45, 2.75) is 6.42 Å². The Morgan fingerprint density at radius 2 is 1.83 bits per heavy atom. The summed E-state index contributed by atoms with van der Waals surface area (Å²) in [4.78, 5) is 19.7. The Labute approximate surface area is 134 Å².